The summed E-state index contributed by atoms with van der Waals surface area (Å²) in [5.41, 5.74) is 0. The molecular formula is C40H77NO5. The SMILES string of the molecule is CCCCCCCCCCCCCCCCCCCC(=O)N[C@@H](CC(=O)O)C(=O)OCCCCCCCCCCCCCCCC. The van der Waals surface area contributed by atoms with Crippen LogP contribution in [0.4, 0.5) is 0 Å². The second-order valence-corrected chi connectivity index (χ2v) is 13.9. The summed E-state index contributed by atoms with van der Waals surface area (Å²) < 4.78 is 5.33. The fraction of sp³-hybridized carbons (Fsp3) is 0.925. The molecule has 0 aromatic carbocycles. The Balaban J connectivity index is 3.71. The first-order valence-electron chi connectivity index (χ1n) is 20.2. The number of aliphatic carboxylic acids is 1. The van der Waals surface area contributed by atoms with Crippen LogP contribution in [0.2, 0.25) is 0 Å². The Morgan fingerprint density at radius 3 is 1.11 bits per heavy atom. The first-order chi connectivity index (χ1) is 22.5. The van der Waals surface area contributed by atoms with E-state index in [0.29, 0.717) is 6.42 Å². The van der Waals surface area contributed by atoms with E-state index in [9.17, 15) is 19.5 Å². The quantitative estimate of drug-likeness (QED) is 0.0515. The molecule has 6 heteroatoms. The summed E-state index contributed by atoms with van der Waals surface area (Å²) in [6.07, 6.45) is 39.3. The lowest BCUT2D eigenvalue weighted by atomic mass is 10.0. The van der Waals surface area contributed by atoms with Crippen molar-refractivity contribution in [3.05, 3.63) is 0 Å². The lowest BCUT2D eigenvalue weighted by Gasteiger charge is -2.16. The summed E-state index contributed by atoms with van der Waals surface area (Å²) in [5, 5.41) is 11.8. The van der Waals surface area contributed by atoms with Gasteiger partial charge in [-0.2, -0.15) is 0 Å². The fourth-order valence-corrected chi connectivity index (χ4v) is 6.21. The molecule has 0 spiro atoms. The van der Waals surface area contributed by atoms with Crippen LogP contribution in [0, 0.1) is 0 Å². The Morgan fingerprint density at radius 1 is 0.478 bits per heavy atom. The zero-order valence-corrected chi connectivity index (χ0v) is 30.7. The highest BCUT2D eigenvalue weighted by molar-refractivity contribution is 5.87. The summed E-state index contributed by atoms with van der Waals surface area (Å²) in [7, 11) is 0. The van der Waals surface area contributed by atoms with Crippen molar-refractivity contribution in [1.82, 2.24) is 5.32 Å². The molecule has 0 saturated carbocycles. The van der Waals surface area contributed by atoms with Gasteiger partial charge in [0.05, 0.1) is 13.0 Å². The number of unbranched alkanes of at least 4 members (excludes halogenated alkanes) is 29. The Bertz CT molecular complexity index is 683. The first-order valence-corrected chi connectivity index (χ1v) is 20.2. The van der Waals surface area contributed by atoms with Gasteiger partial charge in [0.1, 0.15) is 6.04 Å². The summed E-state index contributed by atoms with van der Waals surface area (Å²) in [6.45, 7) is 4.81. The average Bonchev–Trinajstić information content (AvgIpc) is 3.03. The van der Waals surface area contributed by atoms with Gasteiger partial charge in [-0.15, -0.1) is 0 Å². The number of carbonyl (C=O) groups is 3. The predicted octanol–water partition coefficient (Wildman–Crippen LogP) is 12.0. The van der Waals surface area contributed by atoms with Crippen LogP contribution in [-0.2, 0) is 19.1 Å². The number of hydrogen-bond acceptors (Lipinski definition) is 4. The number of carboxylic acid groups (broad SMARTS) is 1. The highest BCUT2D eigenvalue weighted by Gasteiger charge is 2.25. The van der Waals surface area contributed by atoms with Gasteiger partial charge < -0.3 is 15.2 Å². The normalized spacial score (nSPS) is 11.9. The molecule has 1 amide bonds. The fourth-order valence-electron chi connectivity index (χ4n) is 6.21. The minimum atomic E-state index is -1.11. The van der Waals surface area contributed by atoms with E-state index in [1.54, 1.807) is 0 Å². The van der Waals surface area contributed by atoms with Crippen LogP contribution in [0.15, 0.2) is 0 Å². The van der Waals surface area contributed by atoms with E-state index in [1.807, 2.05) is 0 Å². The van der Waals surface area contributed by atoms with Gasteiger partial charge in [0.15, 0.2) is 0 Å². The average molecular weight is 652 g/mol. The Kier molecular flexibility index (Phi) is 35.0. The molecule has 46 heavy (non-hydrogen) atoms. The topological polar surface area (TPSA) is 92.7 Å². The lowest BCUT2D eigenvalue weighted by molar-refractivity contribution is -0.151. The van der Waals surface area contributed by atoms with Crippen LogP contribution < -0.4 is 5.32 Å². The van der Waals surface area contributed by atoms with Gasteiger partial charge in [0.2, 0.25) is 5.91 Å². The smallest absolute Gasteiger partial charge is 0.329 e. The molecule has 0 aliphatic carbocycles. The van der Waals surface area contributed by atoms with Crippen molar-refractivity contribution in [1.29, 1.82) is 0 Å². The molecule has 0 heterocycles. The van der Waals surface area contributed by atoms with Crippen LogP contribution in [0.25, 0.3) is 0 Å². The highest BCUT2D eigenvalue weighted by atomic mass is 16.5. The van der Waals surface area contributed by atoms with E-state index in [0.717, 1.165) is 38.5 Å². The van der Waals surface area contributed by atoms with Crippen molar-refractivity contribution in [3.63, 3.8) is 0 Å². The summed E-state index contributed by atoms with van der Waals surface area (Å²) in [6, 6.07) is -1.11. The van der Waals surface area contributed by atoms with E-state index < -0.39 is 24.4 Å². The van der Waals surface area contributed by atoms with Crippen LogP contribution in [0.1, 0.15) is 226 Å². The molecule has 0 aliphatic heterocycles. The minimum Gasteiger partial charge on any atom is -0.481 e. The molecule has 0 fully saturated rings. The van der Waals surface area contributed by atoms with Gasteiger partial charge >= 0.3 is 11.9 Å². The molecular weight excluding hydrogens is 574 g/mol. The molecule has 0 aromatic rings. The summed E-state index contributed by atoms with van der Waals surface area (Å²) >= 11 is 0. The van der Waals surface area contributed by atoms with Crippen molar-refractivity contribution >= 4 is 17.8 Å². The molecule has 2 N–H and O–H groups in total. The highest BCUT2D eigenvalue weighted by Crippen LogP contribution is 2.15. The Hall–Kier alpha value is -1.59. The zero-order valence-electron chi connectivity index (χ0n) is 30.7. The molecule has 6 nitrogen and oxygen atoms in total. The van der Waals surface area contributed by atoms with E-state index in [-0.39, 0.29) is 12.5 Å². The number of amides is 1. The molecule has 0 aromatic heterocycles. The molecule has 0 aliphatic rings. The molecule has 1 atom stereocenters. The van der Waals surface area contributed by atoms with Gasteiger partial charge in [-0.25, -0.2) is 4.79 Å². The van der Waals surface area contributed by atoms with Gasteiger partial charge in [-0.3, -0.25) is 9.59 Å². The molecule has 0 unspecified atom stereocenters. The third-order valence-corrected chi connectivity index (χ3v) is 9.25. The van der Waals surface area contributed by atoms with E-state index in [2.05, 4.69) is 19.2 Å². The van der Waals surface area contributed by atoms with E-state index in [1.165, 1.54) is 161 Å². The Labute approximate surface area is 285 Å². The van der Waals surface area contributed by atoms with E-state index >= 15 is 0 Å². The summed E-state index contributed by atoms with van der Waals surface area (Å²) in [5.74, 6) is -2.01. The van der Waals surface area contributed by atoms with Crippen molar-refractivity contribution in [2.24, 2.45) is 0 Å². The molecule has 0 bridgehead atoms. The van der Waals surface area contributed by atoms with Gasteiger partial charge in [0.25, 0.3) is 0 Å². The molecule has 0 saturated heterocycles. The maximum atomic E-state index is 12.5. The van der Waals surface area contributed by atoms with Crippen molar-refractivity contribution in [3.8, 4) is 0 Å². The van der Waals surface area contributed by atoms with Crippen LogP contribution in [-0.4, -0.2) is 35.6 Å². The number of nitrogens with one attached hydrogen (secondary N) is 1. The van der Waals surface area contributed by atoms with Crippen LogP contribution in [0.3, 0.4) is 0 Å². The van der Waals surface area contributed by atoms with Crippen molar-refractivity contribution < 1.29 is 24.2 Å². The van der Waals surface area contributed by atoms with Gasteiger partial charge in [-0.1, -0.05) is 200 Å². The zero-order chi connectivity index (χ0) is 33.8. The monoisotopic (exact) mass is 652 g/mol. The number of hydrogen-bond donors (Lipinski definition) is 2. The Morgan fingerprint density at radius 2 is 0.783 bits per heavy atom. The summed E-state index contributed by atoms with van der Waals surface area (Å²) in [4.78, 5) is 36.2. The lowest BCUT2D eigenvalue weighted by Crippen LogP contribution is -2.43. The maximum absolute atomic E-state index is 12.5. The predicted molar refractivity (Wildman–Crippen MR) is 194 cm³/mol. The molecule has 0 radical (unpaired) electrons. The number of rotatable bonds is 37. The minimum absolute atomic E-state index is 0.263. The number of carboxylic acids is 1. The second kappa shape index (κ2) is 36.2. The standard InChI is InChI=1S/C40H77NO5/c1-3-5-7-9-11-13-15-17-19-20-21-22-24-26-28-30-32-34-38(42)41-37(36-39(43)44)40(45)46-35-33-31-29-27-25-23-18-16-14-12-10-8-6-4-2/h37H,3-36H2,1-2H3,(H,41,42)(H,43,44)/t37-/m0/s1. The number of esters is 1. The number of ether oxygens (including phenoxy) is 1. The second-order valence-electron chi connectivity index (χ2n) is 13.9. The van der Waals surface area contributed by atoms with Crippen molar-refractivity contribution in [2.75, 3.05) is 6.61 Å². The molecule has 272 valence electrons. The molecule has 0 rings (SSSR count). The third-order valence-electron chi connectivity index (χ3n) is 9.25. The van der Waals surface area contributed by atoms with Crippen molar-refractivity contribution in [2.45, 2.75) is 232 Å². The van der Waals surface area contributed by atoms with Crippen LogP contribution in [0.5, 0.6) is 0 Å². The third kappa shape index (κ3) is 33.8. The van der Waals surface area contributed by atoms with Crippen LogP contribution >= 0.6 is 0 Å². The van der Waals surface area contributed by atoms with Gasteiger partial charge in [0, 0.05) is 6.42 Å². The maximum Gasteiger partial charge on any atom is 0.329 e. The first kappa shape index (κ1) is 44.4. The number of carbonyl (C=O) groups excluding carboxylic acids is 2. The van der Waals surface area contributed by atoms with Gasteiger partial charge in [-0.05, 0) is 12.8 Å². The largest absolute Gasteiger partial charge is 0.481 e. The van der Waals surface area contributed by atoms with E-state index in [4.69, 9.17) is 4.74 Å².